The summed E-state index contributed by atoms with van der Waals surface area (Å²) in [4.78, 5) is 11.6. The molecule has 0 radical (unpaired) electrons. The molecule has 0 aliphatic heterocycles. The fourth-order valence-corrected chi connectivity index (χ4v) is 2.90. The molecule has 0 unspecified atom stereocenters. The lowest BCUT2D eigenvalue weighted by Gasteiger charge is -2.22. The molecule has 0 saturated heterocycles. The lowest BCUT2D eigenvalue weighted by Crippen LogP contribution is -2.38. The van der Waals surface area contributed by atoms with Gasteiger partial charge in [0, 0.05) is 45.5 Å². The van der Waals surface area contributed by atoms with Gasteiger partial charge in [-0.25, -0.2) is 4.98 Å². The van der Waals surface area contributed by atoms with E-state index in [2.05, 4.69) is 66.6 Å². The molecule has 144 valence electrons. The smallest absolute Gasteiger partial charge is 0.193 e. The van der Waals surface area contributed by atoms with Gasteiger partial charge in [0.25, 0.3) is 0 Å². The number of hydrogen-bond donors (Lipinski definition) is 1. The summed E-state index contributed by atoms with van der Waals surface area (Å²) in [5.41, 5.74) is 4.61. The maximum absolute atomic E-state index is 4.77. The number of fused-ring (bicyclic) bond motifs is 1. The third-order valence-electron chi connectivity index (χ3n) is 4.28. The molecule has 5 nitrogen and oxygen atoms in total. The minimum atomic E-state index is 0. The zero-order valence-corrected chi connectivity index (χ0v) is 18.6. The van der Waals surface area contributed by atoms with E-state index in [0.29, 0.717) is 6.54 Å². The highest BCUT2D eigenvalue weighted by Crippen LogP contribution is 2.07. The molecule has 6 heteroatoms. The summed E-state index contributed by atoms with van der Waals surface area (Å²) in [5, 5.41) is 3.38. The van der Waals surface area contributed by atoms with Crippen molar-refractivity contribution in [2.45, 2.75) is 26.8 Å². The van der Waals surface area contributed by atoms with Gasteiger partial charge in [-0.2, -0.15) is 0 Å². The average Bonchev–Trinajstić information content (AvgIpc) is 3.05. The van der Waals surface area contributed by atoms with Gasteiger partial charge < -0.3 is 14.6 Å². The number of aryl methyl sites for hydroxylation is 1. The summed E-state index contributed by atoms with van der Waals surface area (Å²) in [6, 6.07) is 14.7. The van der Waals surface area contributed by atoms with Gasteiger partial charge in [0.1, 0.15) is 5.65 Å². The molecular weight excluding hydrogens is 449 g/mol. The standard InChI is InChI=1S/C21H27N5.HI/c1-4-22-21(25(3)15-18-10-8-17(2)9-11-18)23-13-12-19-16-26-14-6-5-7-20(26)24-19;/h5-11,14,16H,4,12-13,15H2,1-3H3,(H,22,23);1H. The number of guanidine groups is 1. The molecule has 0 fully saturated rings. The van der Waals surface area contributed by atoms with E-state index in [1.807, 2.05) is 28.8 Å². The van der Waals surface area contributed by atoms with E-state index in [9.17, 15) is 0 Å². The van der Waals surface area contributed by atoms with Gasteiger partial charge in [-0.05, 0) is 31.5 Å². The number of rotatable bonds is 6. The first-order valence-electron chi connectivity index (χ1n) is 9.13. The van der Waals surface area contributed by atoms with Gasteiger partial charge in [0.2, 0.25) is 0 Å². The Morgan fingerprint density at radius 2 is 1.96 bits per heavy atom. The Morgan fingerprint density at radius 3 is 2.67 bits per heavy atom. The normalized spacial score (nSPS) is 11.3. The topological polar surface area (TPSA) is 44.9 Å². The fraction of sp³-hybridized carbons (Fsp3) is 0.333. The minimum absolute atomic E-state index is 0. The van der Waals surface area contributed by atoms with Crippen LogP contribution in [0.2, 0.25) is 0 Å². The highest BCUT2D eigenvalue weighted by atomic mass is 127. The second-order valence-electron chi connectivity index (χ2n) is 6.53. The van der Waals surface area contributed by atoms with Crippen LogP contribution in [-0.4, -0.2) is 40.4 Å². The van der Waals surface area contributed by atoms with Crippen LogP contribution in [0, 0.1) is 6.92 Å². The van der Waals surface area contributed by atoms with Crippen molar-refractivity contribution in [3.8, 4) is 0 Å². The summed E-state index contributed by atoms with van der Waals surface area (Å²) in [5.74, 6) is 0.928. The van der Waals surface area contributed by atoms with Crippen molar-refractivity contribution in [3.63, 3.8) is 0 Å². The van der Waals surface area contributed by atoms with Crippen molar-refractivity contribution in [3.05, 3.63) is 71.7 Å². The number of pyridine rings is 1. The first-order chi connectivity index (χ1) is 12.7. The van der Waals surface area contributed by atoms with Crippen molar-refractivity contribution in [2.24, 2.45) is 4.99 Å². The van der Waals surface area contributed by atoms with Crippen LogP contribution in [0.4, 0.5) is 0 Å². The Balaban J connectivity index is 0.00000261. The first kappa shape index (κ1) is 21.2. The van der Waals surface area contributed by atoms with Crippen LogP contribution < -0.4 is 5.32 Å². The predicted octanol–water partition coefficient (Wildman–Crippen LogP) is 3.90. The van der Waals surface area contributed by atoms with E-state index < -0.39 is 0 Å². The second kappa shape index (κ2) is 10.3. The van der Waals surface area contributed by atoms with E-state index in [0.717, 1.165) is 36.8 Å². The molecule has 0 saturated carbocycles. The molecule has 0 aliphatic rings. The van der Waals surface area contributed by atoms with Crippen molar-refractivity contribution < 1.29 is 0 Å². The van der Waals surface area contributed by atoms with Crippen molar-refractivity contribution in [1.82, 2.24) is 19.6 Å². The number of nitrogens with one attached hydrogen (secondary N) is 1. The van der Waals surface area contributed by atoms with E-state index in [1.54, 1.807) is 0 Å². The monoisotopic (exact) mass is 477 g/mol. The van der Waals surface area contributed by atoms with Gasteiger partial charge in [0.05, 0.1) is 5.69 Å². The van der Waals surface area contributed by atoms with E-state index in [1.165, 1.54) is 11.1 Å². The molecule has 3 rings (SSSR count). The number of aromatic nitrogens is 2. The number of aliphatic imine (C=N–C) groups is 1. The molecule has 2 aromatic heterocycles. The third-order valence-corrected chi connectivity index (χ3v) is 4.28. The van der Waals surface area contributed by atoms with Crippen LogP contribution >= 0.6 is 24.0 Å². The van der Waals surface area contributed by atoms with Gasteiger partial charge in [0.15, 0.2) is 5.96 Å². The zero-order chi connectivity index (χ0) is 18.4. The zero-order valence-electron chi connectivity index (χ0n) is 16.2. The molecule has 3 aromatic rings. The summed E-state index contributed by atoms with van der Waals surface area (Å²) in [6.45, 7) is 6.60. The highest BCUT2D eigenvalue weighted by molar-refractivity contribution is 14.0. The van der Waals surface area contributed by atoms with Crippen LogP contribution in [0.1, 0.15) is 23.7 Å². The molecule has 1 N–H and O–H groups in total. The molecule has 0 spiro atoms. The van der Waals surface area contributed by atoms with Crippen LogP contribution in [0.25, 0.3) is 5.65 Å². The number of nitrogens with zero attached hydrogens (tertiary/aromatic N) is 4. The Kier molecular flexibility index (Phi) is 8.09. The van der Waals surface area contributed by atoms with E-state index in [-0.39, 0.29) is 24.0 Å². The maximum atomic E-state index is 4.77. The molecule has 0 atom stereocenters. The van der Waals surface area contributed by atoms with Crippen LogP contribution in [-0.2, 0) is 13.0 Å². The largest absolute Gasteiger partial charge is 0.357 e. The summed E-state index contributed by atoms with van der Waals surface area (Å²) < 4.78 is 2.05. The maximum Gasteiger partial charge on any atom is 0.193 e. The quantitative estimate of drug-likeness (QED) is 0.333. The molecule has 0 aliphatic carbocycles. The third kappa shape index (κ3) is 5.95. The lowest BCUT2D eigenvalue weighted by atomic mass is 10.1. The molecule has 0 bridgehead atoms. The lowest BCUT2D eigenvalue weighted by molar-refractivity contribution is 0.477. The van der Waals surface area contributed by atoms with Gasteiger partial charge in [-0.15, -0.1) is 24.0 Å². The number of benzene rings is 1. The summed E-state index contributed by atoms with van der Waals surface area (Å²) >= 11 is 0. The molecule has 27 heavy (non-hydrogen) atoms. The van der Waals surface area contributed by atoms with Crippen LogP contribution in [0.15, 0.2) is 59.9 Å². The van der Waals surface area contributed by atoms with Gasteiger partial charge in [-0.1, -0.05) is 35.9 Å². The molecule has 2 heterocycles. The first-order valence-corrected chi connectivity index (χ1v) is 9.13. The average molecular weight is 477 g/mol. The van der Waals surface area contributed by atoms with Crippen LogP contribution in [0.5, 0.6) is 0 Å². The Morgan fingerprint density at radius 1 is 1.19 bits per heavy atom. The van der Waals surface area contributed by atoms with Gasteiger partial charge in [-0.3, -0.25) is 4.99 Å². The summed E-state index contributed by atoms with van der Waals surface area (Å²) in [6.07, 6.45) is 4.93. The SMILES string of the molecule is CCNC(=NCCc1cn2ccccc2n1)N(C)Cc1ccc(C)cc1.I. The number of imidazole rings is 1. The van der Waals surface area contributed by atoms with Crippen LogP contribution in [0.3, 0.4) is 0 Å². The van der Waals surface area contributed by atoms with E-state index in [4.69, 9.17) is 4.99 Å². The fourth-order valence-electron chi connectivity index (χ4n) is 2.90. The highest BCUT2D eigenvalue weighted by Gasteiger charge is 2.07. The van der Waals surface area contributed by atoms with Crippen molar-refractivity contribution in [1.29, 1.82) is 0 Å². The number of halogens is 1. The van der Waals surface area contributed by atoms with Crippen molar-refractivity contribution >= 4 is 35.6 Å². The Labute approximate surface area is 178 Å². The molecule has 1 aromatic carbocycles. The van der Waals surface area contributed by atoms with E-state index >= 15 is 0 Å². The Hall–Kier alpha value is -2.09. The minimum Gasteiger partial charge on any atom is -0.357 e. The molecule has 0 amide bonds. The second-order valence-corrected chi connectivity index (χ2v) is 6.53. The Bertz CT molecular complexity index is 837. The number of hydrogen-bond acceptors (Lipinski definition) is 2. The predicted molar refractivity (Wildman–Crippen MR) is 123 cm³/mol. The van der Waals surface area contributed by atoms with Crippen molar-refractivity contribution in [2.75, 3.05) is 20.1 Å². The van der Waals surface area contributed by atoms with Gasteiger partial charge >= 0.3 is 0 Å². The molecular formula is C21H28IN5. The summed E-state index contributed by atoms with van der Waals surface area (Å²) in [7, 11) is 2.08.